The third kappa shape index (κ3) is 3.70. The van der Waals surface area contributed by atoms with Gasteiger partial charge in [-0.05, 0) is 24.5 Å². The molecule has 15 heavy (non-hydrogen) atoms. The molecular weight excluding hydrogens is 182 g/mol. The van der Waals surface area contributed by atoms with Crippen LogP contribution in [-0.2, 0) is 6.42 Å². The van der Waals surface area contributed by atoms with Crippen LogP contribution in [0.2, 0.25) is 0 Å². The summed E-state index contributed by atoms with van der Waals surface area (Å²) in [7, 11) is 0. The molecule has 0 saturated carbocycles. The van der Waals surface area contributed by atoms with Gasteiger partial charge in [0.2, 0.25) is 0 Å². The second-order valence-electron chi connectivity index (χ2n) is 2.80. The summed E-state index contributed by atoms with van der Waals surface area (Å²) in [4.78, 5) is 4.35. The van der Waals surface area contributed by atoms with Gasteiger partial charge >= 0.3 is 0 Å². The maximum atomic E-state index is 4.35. The lowest BCUT2D eigenvalue weighted by molar-refractivity contribution is 1.13. The molecule has 0 aromatic heterocycles. The maximum Gasteiger partial charge on any atom is 0.0729 e. The predicted molar refractivity (Wildman–Crippen MR) is 71.1 cm³/mol. The Balaban J connectivity index is 0.000000921. The Labute approximate surface area is 93.6 Å². The first-order valence-electron chi connectivity index (χ1n) is 5.56. The van der Waals surface area contributed by atoms with Crippen LogP contribution in [0.1, 0.15) is 38.8 Å². The van der Waals surface area contributed by atoms with Gasteiger partial charge in [0.15, 0.2) is 0 Å². The van der Waals surface area contributed by atoms with E-state index in [9.17, 15) is 0 Å². The van der Waals surface area contributed by atoms with Crippen molar-refractivity contribution in [2.24, 2.45) is 4.99 Å². The van der Waals surface area contributed by atoms with Gasteiger partial charge in [-0.3, -0.25) is 4.99 Å². The molecule has 0 aliphatic rings. The monoisotopic (exact) mass is 203 g/mol. The van der Waals surface area contributed by atoms with Gasteiger partial charge in [-0.25, -0.2) is 0 Å². The molecule has 0 unspecified atom stereocenters. The summed E-state index contributed by atoms with van der Waals surface area (Å²) in [5.41, 5.74) is 3.44. The first kappa shape index (κ1) is 13.6. The average molecular weight is 203 g/mol. The lowest BCUT2D eigenvalue weighted by atomic mass is 10.1. The van der Waals surface area contributed by atoms with Crippen LogP contribution in [0.15, 0.2) is 29.8 Å². The molecule has 1 nitrogen and oxygen atoms in total. The number of para-hydroxylation sites is 1. The molecule has 0 N–H and O–H groups in total. The summed E-state index contributed by atoms with van der Waals surface area (Å²) >= 11 is 0. The number of aryl methyl sites for hydroxylation is 1. The van der Waals surface area contributed by atoms with E-state index >= 15 is 0 Å². The molecule has 82 valence electrons. The highest BCUT2D eigenvalue weighted by atomic mass is 14.7. The van der Waals surface area contributed by atoms with Crippen molar-refractivity contribution in [2.45, 2.75) is 34.1 Å². The molecule has 0 radical (unpaired) electrons. The third-order valence-electron chi connectivity index (χ3n) is 2.01. The first-order valence-corrected chi connectivity index (χ1v) is 5.56. The molecule has 1 rings (SSSR count). The SMILES string of the molecule is C=Cc1cccc(CC)c1N=CC.CC. The van der Waals surface area contributed by atoms with Crippen LogP contribution in [-0.4, -0.2) is 6.21 Å². The van der Waals surface area contributed by atoms with Crippen molar-refractivity contribution in [1.29, 1.82) is 0 Å². The highest BCUT2D eigenvalue weighted by molar-refractivity contribution is 5.71. The van der Waals surface area contributed by atoms with Gasteiger partial charge in [0.25, 0.3) is 0 Å². The lowest BCUT2D eigenvalue weighted by Crippen LogP contribution is -1.84. The molecule has 1 aromatic carbocycles. The van der Waals surface area contributed by atoms with Crippen LogP contribution in [0, 0.1) is 0 Å². The number of benzene rings is 1. The van der Waals surface area contributed by atoms with Crippen LogP contribution in [0.25, 0.3) is 6.08 Å². The van der Waals surface area contributed by atoms with E-state index < -0.39 is 0 Å². The predicted octanol–water partition coefficient (Wildman–Crippen LogP) is 4.64. The highest BCUT2D eigenvalue weighted by Crippen LogP contribution is 2.25. The van der Waals surface area contributed by atoms with E-state index in [4.69, 9.17) is 0 Å². The largest absolute Gasteiger partial charge is 0.261 e. The van der Waals surface area contributed by atoms with Crippen molar-refractivity contribution in [1.82, 2.24) is 0 Å². The Bertz CT molecular complexity index is 324. The zero-order valence-corrected chi connectivity index (χ0v) is 10.2. The smallest absolute Gasteiger partial charge is 0.0729 e. The minimum atomic E-state index is 1.01. The molecule has 0 aliphatic carbocycles. The normalized spacial score (nSPS) is 9.60. The zero-order valence-electron chi connectivity index (χ0n) is 10.2. The standard InChI is InChI=1S/C12H15N.C2H6/c1-4-10-8-7-9-11(5-2)12(10)13-6-3;1-2/h4,6-9H,1,5H2,2-3H3;1-2H3. The molecule has 0 saturated heterocycles. The van der Waals surface area contributed by atoms with Gasteiger partial charge in [0.1, 0.15) is 0 Å². The average Bonchev–Trinajstić information content (AvgIpc) is 2.32. The van der Waals surface area contributed by atoms with Crippen molar-refractivity contribution < 1.29 is 0 Å². The summed E-state index contributed by atoms with van der Waals surface area (Å²) < 4.78 is 0. The lowest BCUT2D eigenvalue weighted by Gasteiger charge is -2.05. The fourth-order valence-corrected chi connectivity index (χ4v) is 1.35. The topological polar surface area (TPSA) is 12.4 Å². The fraction of sp³-hybridized carbons (Fsp3) is 0.357. The Hall–Kier alpha value is -1.37. The quantitative estimate of drug-likeness (QED) is 0.634. The second-order valence-corrected chi connectivity index (χ2v) is 2.80. The molecule has 0 aliphatic heterocycles. The van der Waals surface area contributed by atoms with E-state index in [0.717, 1.165) is 17.7 Å². The van der Waals surface area contributed by atoms with Crippen molar-refractivity contribution in [3.63, 3.8) is 0 Å². The van der Waals surface area contributed by atoms with Crippen LogP contribution in [0.5, 0.6) is 0 Å². The van der Waals surface area contributed by atoms with Gasteiger partial charge in [-0.1, -0.05) is 51.6 Å². The van der Waals surface area contributed by atoms with Crippen LogP contribution < -0.4 is 0 Å². The summed E-state index contributed by atoms with van der Waals surface area (Å²) in [6.45, 7) is 11.8. The Morgan fingerprint density at radius 2 is 2.00 bits per heavy atom. The number of hydrogen-bond donors (Lipinski definition) is 0. The van der Waals surface area contributed by atoms with E-state index in [2.05, 4.69) is 24.6 Å². The first-order chi connectivity index (χ1) is 7.33. The van der Waals surface area contributed by atoms with Crippen molar-refractivity contribution >= 4 is 18.0 Å². The molecule has 0 heterocycles. The van der Waals surface area contributed by atoms with E-state index in [0.29, 0.717) is 0 Å². The van der Waals surface area contributed by atoms with Crippen LogP contribution >= 0.6 is 0 Å². The van der Waals surface area contributed by atoms with Gasteiger partial charge in [0, 0.05) is 6.21 Å². The van der Waals surface area contributed by atoms with Crippen molar-refractivity contribution in [3.8, 4) is 0 Å². The van der Waals surface area contributed by atoms with Crippen molar-refractivity contribution in [2.75, 3.05) is 0 Å². The third-order valence-corrected chi connectivity index (χ3v) is 2.01. The molecular formula is C14H21N. The Morgan fingerprint density at radius 3 is 2.47 bits per heavy atom. The Morgan fingerprint density at radius 1 is 1.33 bits per heavy atom. The highest BCUT2D eigenvalue weighted by Gasteiger charge is 2.01. The fourth-order valence-electron chi connectivity index (χ4n) is 1.35. The second kappa shape index (κ2) is 7.98. The Kier molecular flexibility index (Phi) is 7.25. The molecule has 0 bridgehead atoms. The van der Waals surface area contributed by atoms with Crippen molar-refractivity contribution in [3.05, 3.63) is 35.9 Å². The molecule has 1 aromatic rings. The summed E-state index contributed by atoms with van der Waals surface area (Å²) in [6.07, 6.45) is 4.68. The molecule has 0 fully saturated rings. The van der Waals surface area contributed by atoms with Gasteiger partial charge in [0.05, 0.1) is 5.69 Å². The van der Waals surface area contributed by atoms with E-state index in [1.165, 1.54) is 5.56 Å². The van der Waals surface area contributed by atoms with Crippen LogP contribution in [0.3, 0.4) is 0 Å². The van der Waals surface area contributed by atoms with Crippen LogP contribution in [0.4, 0.5) is 5.69 Å². The number of hydrogen-bond acceptors (Lipinski definition) is 1. The summed E-state index contributed by atoms with van der Waals surface area (Å²) in [6, 6.07) is 6.19. The van der Waals surface area contributed by atoms with Gasteiger partial charge in [-0.15, -0.1) is 0 Å². The molecule has 0 spiro atoms. The summed E-state index contributed by atoms with van der Waals surface area (Å²) in [5, 5.41) is 0. The number of rotatable bonds is 3. The van der Waals surface area contributed by atoms with Gasteiger partial charge < -0.3 is 0 Å². The van der Waals surface area contributed by atoms with E-state index in [-0.39, 0.29) is 0 Å². The maximum absolute atomic E-state index is 4.35. The minimum Gasteiger partial charge on any atom is -0.261 e. The molecule has 0 amide bonds. The van der Waals surface area contributed by atoms with E-state index in [1.54, 1.807) is 0 Å². The zero-order chi connectivity index (χ0) is 11.7. The minimum absolute atomic E-state index is 1.01. The number of aliphatic imine (C=N–C) groups is 1. The molecule has 0 atom stereocenters. The number of nitrogens with zero attached hydrogens (tertiary/aromatic N) is 1. The van der Waals surface area contributed by atoms with E-state index in [1.807, 2.05) is 45.2 Å². The van der Waals surface area contributed by atoms with Gasteiger partial charge in [-0.2, -0.15) is 0 Å². The summed E-state index contributed by atoms with van der Waals surface area (Å²) in [5.74, 6) is 0. The molecule has 1 heteroatoms.